The number of carboxylic acid groups (broad SMARTS) is 1. The third-order valence-corrected chi connectivity index (χ3v) is 1.21. The van der Waals surface area contributed by atoms with Crippen molar-refractivity contribution in [2.45, 2.75) is 6.92 Å². The molecular weight excluding hydrogens is 164 g/mol. The van der Waals surface area contributed by atoms with E-state index in [2.05, 4.69) is 13.5 Å². The van der Waals surface area contributed by atoms with E-state index in [1.54, 1.807) is 0 Å². The van der Waals surface area contributed by atoms with Crippen molar-refractivity contribution < 1.29 is 9.90 Å². The van der Waals surface area contributed by atoms with Crippen molar-refractivity contribution in [3.63, 3.8) is 0 Å². The molecule has 0 heterocycles. The molecule has 0 unspecified atom stereocenters. The van der Waals surface area contributed by atoms with Crippen LogP contribution in [0, 0.1) is 6.92 Å². The lowest BCUT2D eigenvalue weighted by Crippen LogP contribution is -1.92. The normalized spacial score (nSPS) is 8.15. The summed E-state index contributed by atoms with van der Waals surface area (Å²) in [5.74, 6) is -0.935. The molecule has 0 fully saturated rings. The maximum absolute atomic E-state index is 9.60. The van der Waals surface area contributed by atoms with Crippen LogP contribution in [-0.2, 0) is 4.79 Å². The van der Waals surface area contributed by atoms with Gasteiger partial charge in [-0.15, -0.1) is 0 Å². The van der Waals surface area contributed by atoms with Gasteiger partial charge >= 0.3 is 5.97 Å². The van der Waals surface area contributed by atoms with E-state index in [1.165, 1.54) is 6.92 Å². The minimum atomic E-state index is -0.935. The van der Waals surface area contributed by atoms with Crippen LogP contribution in [-0.4, -0.2) is 11.1 Å². The third kappa shape index (κ3) is 6.81. The minimum Gasteiger partial charge on any atom is -0.478 e. The topological polar surface area (TPSA) is 37.3 Å². The first kappa shape index (κ1) is 11.4. The Morgan fingerprint density at radius 3 is 1.85 bits per heavy atom. The van der Waals surface area contributed by atoms with Crippen LogP contribution >= 0.6 is 0 Å². The van der Waals surface area contributed by atoms with Crippen LogP contribution < -0.4 is 0 Å². The molecular formula is C11H13O2. The predicted octanol–water partition coefficient (Wildman–Crippen LogP) is 2.52. The first-order valence-corrected chi connectivity index (χ1v) is 3.80. The van der Waals surface area contributed by atoms with Gasteiger partial charge in [0.1, 0.15) is 0 Å². The van der Waals surface area contributed by atoms with Gasteiger partial charge in [0.05, 0.1) is 0 Å². The number of benzene rings is 1. The van der Waals surface area contributed by atoms with E-state index >= 15 is 0 Å². The molecule has 0 saturated carbocycles. The van der Waals surface area contributed by atoms with E-state index in [4.69, 9.17) is 5.11 Å². The van der Waals surface area contributed by atoms with Crippen molar-refractivity contribution in [3.05, 3.63) is 55.0 Å². The van der Waals surface area contributed by atoms with E-state index < -0.39 is 5.97 Å². The van der Waals surface area contributed by atoms with Crippen LogP contribution in [0.5, 0.6) is 0 Å². The van der Waals surface area contributed by atoms with Gasteiger partial charge in [-0.05, 0) is 19.4 Å². The van der Waals surface area contributed by atoms with E-state index in [1.807, 2.05) is 30.3 Å². The molecule has 0 aliphatic heterocycles. The highest BCUT2D eigenvalue weighted by Gasteiger charge is 1.90. The highest BCUT2D eigenvalue weighted by atomic mass is 16.4. The average Bonchev–Trinajstić information content (AvgIpc) is 2.06. The van der Waals surface area contributed by atoms with Crippen LogP contribution in [0.1, 0.15) is 12.5 Å². The summed E-state index contributed by atoms with van der Waals surface area (Å²) in [7, 11) is 0. The molecule has 0 bridgehead atoms. The van der Waals surface area contributed by atoms with Crippen LogP contribution in [0.2, 0.25) is 0 Å². The standard InChI is InChI=1S/C7H7.C4H6O2/c1-7-5-3-2-4-6-7;1-3(2)4(5)6/h2-6H,1H2;1H2,2H3,(H,5,6). The predicted molar refractivity (Wildman–Crippen MR) is 53.4 cm³/mol. The van der Waals surface area contributed by atoms with Gasteiger partial charge in [-0.1, -0.05) is 36.9 Å². The minimum absolute atomic E-state index is 0.176. The molecule has 0 atom stereocenters. The molecule has 1 aromatic carbocycles. The molecule has 1 rings (SSSR count). The number of carbonyl (C=O) groups is 1. The zero-order valence-electron chi connectivity index (χ0n) is 7.66. The van der Waals surface area contributed by atoms with Crippen molar-refractivity contribution in [1.29, 1.82) is 0 Å². The lowest BCUT2D eigenvalue weighted by molar-refractivity contribution is -0.132. The smallest absolute Gasteiger partial charge is 0.330 e. The Hall–Kier alpha value is -1.57. The molecule has 0 aromatic heterocycles. The quantitative estimate of drug-likeness (QED) is 0.669. The summed E-state index contributed by atoms with van der Waals surface area (Å²) >= 11 is 0. The summed E-state index contributed by atoms with van der Waals surface area (Å²) in [6, 6.07) is 9.87. The second kappa shape index (κ2) is 6.00. The second-order valence-corrected chi connectivity index (χ2v) is 2.57. The SMILES string of the molecule is C=C(C)C(=O)O.[CH2]c1ccccc1. The Balaban J connectivity index is 0.000000226. The average molecular weight is 177 g/mol. The summed E-state index contributed by atoms with van der Waals surface area (Å²) in [6.45, 7) is 8.32. The zero-order valence-corrected chi connectivity index (χ0v) is 7.66. The Kier molecular flexibility index (Phi) is 5.28. The lowest BCUT2D eigenvalue weighted by atomic mass is 10.2. The molecule has 2 heteroatoms. The zero-order chi connectivity index (χ0) is 10.3. The molecule has 0 aliphatic carbocycles. The Morgan fingerprint density at radius 1 is 1.31 bits per heavy atom. The van der Waals surface area contributed by atoms with Gasteiger partial charge in [0, 0.05) is 5.57 Å². The largest absolute Gasteiger partial charge is 0.478 e. The van der Waals surface area contributed by atoms with Crippen LogP contribution in [0.25, 0.3) is 0 Å². The van der Waals surface area contributed by atoms with E-state index in [0.717, 1.165) is 5.56 Å². The first-order chi connectivity index (χ1) is 6.04. The van der Waals surface area contributed by atoms with Crippen LogP contribution in [0.3, 0.4) is 0 Å². The van der Waals surface area contributed by atoms with Crippen LogP contribution in [0.15, 0.2) is 42.5 Å². The molecule has 1 aromatic rings. The number of aliphatic carboxylic acids is 1. The van der Waals surface area contributed by atoms with Gasteiger partial charge in [0.25, 0.3) is 0 Å². The van der Waals surface area contributed by atoms with E-state index in [9.17, 15) is 4.79 Å². The van der Waals surface area contributed by atoms with Crippen molar-refractivity contribution in [2.24, 2.45) is 0 Å². The molecule has 1 N–H and O–H groups in total. The van der Waals surface area contributed by atoms with Crippen molar-refractivity contribution >= 4 is 5.97 Å². The van der Waals surface area contributed by atoms with Crippen LogP contribution in [0.4, 0.5) is 0 Å². The summed E-state index contributed by atoms with van der Waals surface area (Å²) < 4.78 is 0. The maximum atomic E-state index is 9.60. The van der Waals surface area contributed by atoms with Gasteiger partial charge < -0.3 is 5.11 Å². The number of carboxylic acids is 1. The van der Waals surface area contributed by atoms with Gasteiger partial charge in [-0.2, -0.15) is 0 Å². The van der Waals surface area contributed by atoms with Crippen molar-refractivity contribution in [1.82, 2.24) is 0 Å². The van der Waals surface area contributed by atoms with Gasteiger partial charge in [0.15, 0.2) is 0 Å². The Labute approximate surface area is 78.5 Å². The molecule has 0 amide bonds. The molecule has 13 heavy (non-hydrogen) atoms. The summed E-state index contributed by atoms with van der Waals surface area (Å²) in [5, 5.41) is 7.89. The summed E-state index contributed by atoms with van der Waals surface area (Å²) in [6.07, 6.45) is 0. The van der Waals surface area contributed by atoms with Crippen molar-refractivity contribution in [2.75, 3.05) is 0 Å². The number of hydrogen-bond acceptors (Lipinski definition) is 1. The van der Waals surface area contributed by atoms with E-state index in [0.29, 0.717) is 0 Å². The highest BCUT2D eigenvalue weighted by molar-refractivity contribution is 5.84. The molecule has 2 nitrogen and oxygen atoms in total. The first-order valence-electron chi connectivity index (χ1n) is 3.80. The van der Waals surface area contributed by atoms with Gasteiger partial charge in [0.2, 0.25) is 0 Å². The summed E-state index contributed by atoms with van der Waals surface area (Å²) in [4.78, 5) is 9.60. The molecule has 69 valence electrons. The fourth-order valence-corrected chi connectivity index (χ4v) is 0.478. The fourth-order valence-electron chi connectivity index (χ4n) is 0.478. The molecule has 0 spiro atoms. The van der Waals surface area contributed by atoms with E-state index in [-0.39, 0.29) is 5.57 Å². The van der Waals surface area contributed by atoms with Gasteiger partial charge in [-0.25, -0.2) is 4.79 Å². The molecule has 1 radical (unpaired) electrons. The number of hydrogen-bond donors (Lipinski definition) is 1. The molecule has 0 aliphatic rings. The Bertz CT molecular complexity index is 263. The van der Waals surface area contributed by atoms with Crippen molar-refractivity contribution in [3.8, 4) is 0 Å². The lowest BCUT2D eigenvalue weighted by Gasteiger charge is -1.82. The monoisotopic (exact) mass is 177 g/mol. The van der Waals surface area contributed by atoms with Gasteiger partial charge in [-0.3, -0.25) is 0 Å². The fraction of sp³-hybridized carbons (Fsp3) is 0.0909. The second-order valence-electron chi connectivity index (χ2n) is 2.57. The number of rotatable bonds is 1. The maximum Gasteiger partial charge on any atom is 0.330 e. The third-order valence-electron chi connectivity index (χ3n) is 1.21. The summed E-state index contributed by atoms with van der Waals surface area (Å²) in [5.41, 5.74) is 1.25. The Morgan fingerprint density at radius 2 is 1.69 bits per heavy atom. The molecule has 0 saturated heterocycles. The highest BCUT2D eigenvalue weighted by Crippen LogP contribution is 1.92.